The highest BCUT2D eigenvalue weighted by Crippen LogP contribution is 2.43. The third-order valence-corrected chi connectivity index (χ3v) is 13.2. The molecular weight excluding hydrogens is 831 g/mol. The van der Waals surface area contributed by atoms with Crippen LogP contribution >= 0.6 is 0 Å². The van der Waals surface area contributed by atoms with E-state index in [0.29, 0.717) is 51.1 Å². The summed E-state index contributed by atoms with van der Waals surface area (Å²) in [6, 6.07) is 18.7. The molecule has 2 saturated carbocycles. The molecule has 1 aromatic heterocycles. The number of esters is 2. The van der Waals surface area contributed by atoms with Crippen LogP contribution in [0.1, 0.15) is 123 Å². The number of hydrogen-bond donors (Lipinski definition) is 4. The molecule has 0 spiro atoms. The zero-order valence-electron chi connectivity index (χ0n) is 40.6. The fraction of sp³-hybridized carbons (Fsp3) is 0.481. The maximum atomic E-state index is 14.9. The smallest absolute Gasteiger partial charge is 0.342 e. The van der Waals surface area contributed by atoms with Crippen LogP contribution in [-0.4, -0.2) is 59.2 Å². The lowest BCUT2D eigenvalue weighted by atomic mass is 9.75. The average molecular weight is 900 g/mol. The van der Waals surface area contributed by atoms with Crippen molar-refractivity contribution >= 4 is 53.0 Å². The Hall–Kier alpha value is -6.04. The standard InChI is InChI=1S/C54H69N5O7/c1-29(2)49(60)55-28-36(9)50(61)58-47-43(51(62)65-45-32(5)23-30(3)24-33(45)6)41(37-19-15-13-16-20-37)39(56-47)27-40-42(38-21-17-14-18-22-38)44(48(57-40)59-53(64)54(10,11)12)52(63)66-46-34(7)25-31(4)26-35(46)8/h13-22,27,30-36,45-46,56H,1,23-26,28H2,2-12H3,(H,55,60)(H,58,61)(H,57,59,64). The summed E-state index contributed by atoms with van der Waals surface area (Å²) in [5, 5.41) is 8.68. The number of hydrogen-bond acceptors (Lipinski definition) is 8. The molecule has 3 aliphatic rings. The van der Waals surface area contributed by atoms with Crippen LogP contribution in [0, 0.1) is 46.8 Å². The SMILES string of the molecule is C=C(C)C(=O)NCC(C)C(=O)Nc1[nH]c(C=C2N=C(NC(=O)C(C)(C)C)C(C(=O)OC3C(C)CC(C)CC3C)=C2c2ccccc2)c(-c2ccccc2)c1C(=O)OC1C(C)CC(C)CC1C. The zero-order valence-corrected chi connectivity index (χ0v) is 40.6. The summed E-state index contributed by atoms with van der Waals surface area (Å²) in [5.41, 5.74) is 2.57. The molecule has 66 heavy (non-hydrogen) atoms. The summed E-state index contributed by atoms with van der Waals surface area (Å²) < 4.78 is 12.9. The normalized spacial score (nSPS) is 25.4. The number of aromatic nitrogens is 1. The molecule has 0 saturated heterocycles. The van der Waals surface area contributed by atoms with Crippen molar-refractivity contribution in [1.82, 2.24) is 15.6 Å². The molecular formula is C54H69N5O7. The summed E-state index contributed by atoms with van der Waals surface area (Å²) in [6.45, 7) is 25.2. The number of carbonyl (C=O) groups is 5. The molecule has 4 N–H and O–H groups in total. The van der Waals surface area contributed by atoms with Gasteiger partial charge in [-0.2, -0.15) is 0 Å². The Labute approximate surface area is 390 Å². The number of benzene rings is 2. The van der Waals surface area contributed by atoms with E-state index in [9.17, 15) is 24.0 Å². The number of aliphatic imine (C=N–C) groups is 1. The summed E-state index contributed by atoms with van der Waals surface area (Å²) in [7, 11) is 0. The molecule has 2 heterocycles. The number of anilines is 1. The Morgan fingerprint density at radius 2 is 1.27 bits per heavy atom. The fourth-order valence-corrected chi connectivity index (χ4v) is 9.99. The molecule has 352 valence electrons. The number of aromatic amines is 1. The Bertz CT molecular complexity index is 2400. The van der Waals surface area contributed by atoms with Gasteiger partial charge in [0.05, 0.1) is 17.3 Å². The number of carbonyl (C=O) groups excluding carboxylic acids is 5. The van der Waals surface area contributed by atoms with Crippen molar-refractivity contribution in [3.05, 3.63) is 101 Å². The molecule has 2 fully saturated rings. The first-order chi connectivity index (χ1) is 31.1. The van der Waals surface area contributed by atoms with E-state index < -0.39 is 29.2 Å². The van der Waals surface area contributed by atoms with E-state index in [1.165, 1.54) is 0 Å². The van der Waals surface area contributed by atoms with Crippen molar-refractivity contribution < 1.29 is 33.4 Å². The van der Waals surface area contributed by atoms with Gasteiger partial charge in [0.2, 0.25) is 17.7 Å². The third kappa shape index (κ3) is 11.3. The summed E-state index contributed by atoms with van der Waals surface area (Å²) in [6.07, 6.45) is 4.64. The lowest BCUT2D eigenvalue weighted by Crippen LogP contribution is -2.42. The van der Waals surface area contributed by atoms with Crippen molar-refractivity contribution in [3.63, 3.8) is 0 Å². The van der Waals surface area contributed by atoms with E-state index >= 15 is 0 Å². The molecule has 2 aromatic carbocycles. The van der Waals surface area contributed by atoms with Gasteiger partial charge in [-0.15, -0.1) is 0 Å². The molecule has 0 radical (unpaired) electrons. The van der Waals surface area contributed by atoms with Gasteiger partial charge in [0.1, 0.15) is 35.0 Å². The van der Waals surface area contributed by atoms with Crippen molar-refractivity contribution in [3.8, 4) is 11.1 Å². The molecule has 3 amide bonds. The van der Waals surface area contributed by atoms with Crippen LogP contribution < -0.4 is 16.0 Å². The van der Waals surface area contributed by atoms with E-state index in [1.54, 1.807) is 40.7 Å². The topological polar surface area (TPSA) is 168 Å². The van der Waals surface area contributed by atoms with Crippen LogP contribution in [0.5, 0.6) is 0 Å². The lowest BCUT2D eigenvalue weighted by Gasteiger charge is -2.37. The summed E-state index contributed by atoms with van der Waals surface area (Å²) >= 11 is 0. The zero-order chi connectivity index (χ0) is 48.2. The number of nitrogens with one attached hydrogen (secondary N) is 4. The number of nitrogens with zero attached hydrogens (tertiary/aromatic N) is 1. The van der Waals surface area contributed by atoms with E-state index in [2.05, 4.69) is 69.1 Å². The second kappa shape index (κ2) is 20.6. The van der Waals surface area contributed by atoms with Gasteiger partial charge < -0.3 is 30.4 Å². The first-order valence-electron chi connectivity index (χ1n) is 23.5. The first kappa shape index (κ1) is 49.4. The van der Waals surface area contributed by atoms with E-state index in [-0.39, 0.29) is 77.0 Å². The number of H-pyrrole nitrogens is 1. The van der Waals surface area contributed by atoms with Gasteiger partial charge in [0, 0.05) is 28.7 Å². The molecule has 5 atom stereocenters. The second-order valence-electron chi connectivity index (χ2n) is 20.5. The van der Waals surface area contributed by atoms with Crippen LogP contribution in [-0.2, 0) is 28.7 Å². The maximum absolute atomic E-state index is 14.9. The minimum absolute atomic E-state index is 0.0229. The maximum Gasteiger partial charge on any atom is 0.342 e. The molecule has 0 bridgehead atoms. The average Bonchev–Trinajstić information content (AvgIpc) is 3.79. The van der Waals surface area contributed by atoms with Gasteiger partial charge in [0.25, 0.3) is 0 Å². The van der Waals surface area contributed by atoms with Gasteiger partial charge in [-0.05, 0) is 85.3 Å². The van der Waals surface area contributed by atoms with Crippen molar-refractivity contribution in [2.45, 2.75) is 114 Å². The monoisotopic (exact) mass is 900 g/mol. The molecule has 3 aromatic rings. The number of rotatable bonds is 12. The second-order valence-corrected chi connectivity index (χ2v) is 20.5. The van der Waals surface area contributed by atoms with Crippen LogP contribution in [0.3, 0.4) is 0 Å². The largest absolute Gasteiger partial charge is 0.458 e. The molecule has 1 aliphatic heterocycles. The molecule has 12 heteroatoms. The molecule has 5 unspecified atom stereocenters. The van der Waals surface area contributed by atoms with E-state index in [4.69, 9.17) is 14.5 Å². The number of allylic oxidation sites excluding steroid dienone is 1. The van der Waals surface area contributed by atoms with Gasteiger partial charge in [-0.25, -0.2) is 14.6 Å². The molecule has 2 aliphatic carbocycles. The van der Waals surface area contributed by atoms with E-state index in [0.717, 1.165) is 25.7 Å². The summed E-state index contributed by atoms with van der Waals surface area (Å²) in [4.78, 5) is 78.3. The van der Waals surface area contributed by atoms with E-state index in [1.807, 2.05) is 60.7 Å². The van der Waals surface area contributed by atoms with Crippen LogP contribution in [0.25, 0.3) is 22.8 Å². The minimum atomic E-state index is -0.836. The Morgan fingerprint density at radius 1 is 0.773 bits per heavy atom. The highest BCUT2D eigenvalue weighted by atomic mass is 16.5. The van der Waals surface area contributed by atoms with Gasteiger partial charge in [0.15, 0.2) is 0 Å². The van der Waals surface area contributed by atoms with Crippen molar-refractivity contribution in [2.24, 2.45) is 51.8 Å². The highest BCUT2D eigenvalue weighted by molar-refractivity contribution is 6.31. The number of ether oxygens (including phenoxy) is 2. The predicted octanol–water partition coefficient (Wildman–Crippen LogP) is 10.2. The number of amides is 3. The van der Waals surface area contributed by atoms with Gasteiger partial charge >= 0.3 is 11.9 Å². The Kier molecular flexibility index (Phi) is 15.4. The predicted molar refractivity (Wildman–Crippen MR) is 261 cm³/mol. The Balaban J connectivity index is 1.57. The third-order valence-electron chi connectivity index (χ3n) is 13.2. The molecule has 12 nitrogen and oxygen atoms in total. The quantitative estimate of drug-likeness (QED) is 0.104. The van der Waals surface area contributed by atoms with Crippen molar-refractivity contribution in [2.75, 3.05) is 11.9 Å². The summed E-state index contributed by atoms with van der Waals surface area (Å²) in [5.74, 6) is -1.57. The van der Waals surface area contributed by atoms with Crippen LogP contribution in [0.4, 0.5) is 5.82 Å². The first-order valence-corrected chi connectivity index (χ1v) is 23.5. The van der Waals surface area contributed by atoms with Gasteiger partial charge in [-0.1, -0.05) is 136 Å². The minimum Gasteiger partial charge on any atom is -0.458 e. The lowest BCUT2D eigenvalue weighted by molar-refractivity contribution is -0.152. The van der Waals surface area contributed by atoms with Gasteiger partial charge in [-0.3, -0.25) is 14.4 Å². The van der Waals surface area contributed by atoms with Crippen molar-refractivity contribution in [1.29, 1.82) is 0 Å². The molecule has 6 rings (SSSR count). The Morgan fingerprint density at radius 3 is 1.77 bits per heavy atom. The fourth-order valence-electron chi connectivity index (χ4n) is 9.99. The highest BCUT2D eigenvalue weighted by Gasteiger charge is 2.41. The van der Waals surface area contributed by atoms with Crippen LogP contribution in [0.2, 0.25) is 0 Å². The number of amidine groups is 1. The van der Waals surface area contributed by atoms with Crippen LogP contribution in [0.15, 0.2) is 89.1 Å².